The van der Waals surface area contributed by atoms with Crippen LogP contribution < -0.4 is 10.5 Å². The van der Waals surface area contributed by atoms with Gasteiger partial charge >= 0.3 is 412 Å². The summed E-state index contributed by atoms with van der Waals surface area (Å²) in [5.41, 5.74) is 19.7. The topological polar surface area (TPSA) is 25.8 Å². The number of rotatable bonds is 9. The van der Waals surface area contributed by atoms with Crippen molar-refractivity contribution >= 4 is 73.6 Å². The molecule has 0 saturated carbocycles. The van der Waals surface area contributed by atoms with Gasteiger partial charge in [0.25, 0.3) is 0 Å². The normalized spacial score (nSPS) is 11.6. The van der Waals surface area contributed by atoms with Crippen LogP contribution in [0.4, 0.5) is 0 Å². The van der Waals surface area contributed by atoms with Crippen molar-refractivity contribution in [3.05, 3.63) is 222 Å². The van der Waals surface area contributed by atoms with Gasteiger partial charge in [0.1, 0.15) is 0 Å². The molecule has 0 N–H and O–H groups in total. The number of nitrogens with zero attached hydrogens (tertiary/aromatic N) is 2. The van der Waals surface area contributed by atoms with E-state index < -0.39 is 20.2 Å². The minimum atomic E-state index is -2.98. The maximum atomic E-state index is 5.24. The molecule has 0 spiro atoms. The molecule has 11 aromatic rings. The summed E-state index contributed by atoms with van der Waals surface area (Å²) in [6.45, 7) is 13.5. The molecule has 0 amide bonds. The average Bonchev–Trinajstić information content (AvgIpc) is 3.98. The van der Waals surface area contributed by atoms with Crippen LogP contribution in [0.3, 0.4) is 0 Å². The van der Waals surface area contributed by atoms with Gasteiger partial charge in [0, 0.05) is 0 Å². The van der Waals surface area contributed by atoms with Gasteiger partial charge < -0.3 is 0 Å². The molecule has 0 fully saturated rings. The van der Waals surface area contributed by atoms with Gasteiger partial charge in [-0.25, -0.2) is 0 Å². The van der Waals surface area contributed by atoms with Gasteiger partial charge in [-0.3, -0.25) is 0 Å². The van der Waals surface area contributed by atoms with E-state index in [4.69, 9.17) is 9.97 Å². The summed E-state index contributed by atoms with van der Waals surface area (Å²) in [6.07, 6.45) is 4.00. The first-order chi connectivity index (χ1) is 32.7. The van der Waals surface area contributed by atoms with Crippen molar-refractivity contribution in [1.29, 1.82) is 0 Å². The van der Waals surface area contributed by atoms with Crippen LogP contribution in [-0.2, 0) is 0 Å². The number of fused-ring (bicyclic) bond motifs is 2. The van der Waals surface area contributed by atoms with E-state index in [-0.39, 0.29) is 0 Å². The molecule has 0 bridgehead atoms. The number of hydrogen-bond donors (Lipinski definition) is 0. The summed E-state index contributed by atoms with van der Waals surface area (Å²) < 4.78 is 6.79. The SMILES string of the molecule is Cc1cccc(C)c1-c1cc2c(-c3cc(-c4ccccc4)c[c]([Sb]([c]4cc(-c5ccccc5)cc(-c5nccc6sc(-c7c(C)cccc7C)cc56)c4)[c]4c(C)cccc4C)c3)nccc2s1. The molecule has 324 valence electrons. The third kappa shape index (κ3) is 8.16. The number of aryl methyl sites for hydroxylation is 6. The predicted molar refractivity (Wildman–Crippen MR) is 291 cm³/mol. The number of benzene rings is 7. The predicted octanol–water partition coefficient (Wildman–Crippen LogP) is 15.3. The monoisotopic (exact) mass is 1010 g/mol. The Morgan fingerprint density at radius 3 is 1.12 bits per heavy atom. The molecule has 5 heteroatoms. The molecule has 0 aliphatic carbocycles. The summed E-state index contributed by atoms with van der Waals surface area (Å²) in [5, 5.41) is 2.39. The number of hydrogen-bond acceptors (Lipinski definition) is 4. The first-order valence-corrected chi connectivity index (χ1v) is 28.3. The fraction of sp³-hybridized carbons (Fsp3) is 0.0968. The van der Waals surface area contributed by atoms with Gasteiger partial charge in [0.2, 0.25) is 0 Å². The molecular weight excluding hydrogens is 959 g/mol. The zero-order valence-electron chi connectivity index (χ0n) is 38.6. The Morgan fingerprint density at radius 1 is 0.343 bits per heavy atom. The van der Waals surface area contributed by atoms with Crippen molar-refractivity contribution in [3.63, 3.8) is 0 Å². The zero-order chi connectivity index (χ0) is 45.8. The van der Waals surface area contributed by atoms with Crippen molar-refractivity contribution in [2.45, 2.75) is 41.5 Å². The number of aromatic nitrogens is 2. The molecule has 0 saturated heterocycles. The van der Waals surface area contributed by atoms with Crippen LogP contribution in [0.1, 0.15) is 33.4 Å². The second kappa shape index (κ2) is 18.0. The maximum absolute atomic E-state index is 5.24. The molecule has 4 aromatic heterocycles. The van der Waals surface area contributed by atoms with E-state index in [1.165, 1.54) is 107 Å². The summed E-state index contributed by atoms with van der Waals surface area (Å²) in [5.74, 6) is 0. The van der Waals surface area contributed by atoms with E-state index in [1.807, 2.05) is 35.1 Å². The molecule has 0 unspecified atom stereocenters. The Balaban J connectivity index is 1.17. The van der Waals surface area contributed by atoms with Crippen LogP contribution in [0.2, 0.25) is 0 Å². The standard InChI is InChI=1S/2C27H20NS.C8H9.Sb/c2*1-18-8-6-9-19(2)26(18)25-17-23-24(29-25)14-15-28-27(23)22-13-7-12-21(16-22)20-10-4-3-5-11-20;1-7-4-3-5-8(2)6-7;/h2*3-6,8-17H,1-2H3;3-5H,1-2H3;. The Bertz CT molecular complexity index is 3380. The summed E-state index contributed by atoms with van der Waals surface area (Å²) in [7, 11) is 0. The van der Waals surface area contributed by atoms with Crippen LogP contribution in [0, 0.1) is 41.5 Å². The van der Waals surface area contributed by atoms with Crippen LogP contribution >= 0.6 is 22.7 Å². The fourth-order valence-electron chi connectivity index (χ4n) is 9.95. The van der Waals surface area contributed by atoms with Gasteiger partial charge in [-0.1, -0.05) is 0 Å². The third-order valence-corrected chi connectivity index (χ3v) is 23.1. The van der Waals surface area contributed by atoms with E-state index in [9.17, 15) is 0 Å². The average molecular weight is 1010 g/mol. The van der Waals surface area contributed by atoms with Crippen molar-refractivity contribution in [1.82, 2.24) is 9.97 Å². The molecule has 7 aromatic carbocycles. The first-order valence-electron chi connectivity index (χ1n) is 22.9. The van der Waals surface area contributed by atoms with Gasteiger partial charge in [-0.2, -0.15) is 0 Å². The third-order valence-electron chi connectivity index (χ3n) is 13.1. The van der Waals surface area contributed by atoms with Crippen molar-refractivity contribution < 1.29 is 0 Å². The van der Waals surface area contributed by atoms with Crippen LogP contribution in [0.25, 0.3) is 85.8 Å². The van der Waals surface area contributed by atoms with Gasteiger partial charge in [0.15, 0.2) is 0 Å². The molecular formula is C62H49N2S2Sb. The van der Waals surface area contributed by atoms with E-state index in [0.717, 1.165) is 22.5 Å². The van der Waals surface area contributed by atoms with E-state index in [0.29, 0.717) is 0 Å². The first kappa shape index (κ1) is 43.2. The molecule has 11 rings (SSSR count). The minimum absolute atomic E-state index is 1.03. The van der Waals surface area contributed by atoms with Crippen LogP contribution in [-0.4, -0.2) is 30.2 Å². The molecule has 4 heterocycles. The van der Waals surface area contributed by atoms with Crippen molar-refractivity contribution in [2.24, 2.45) is 0 Å². The molecule has 0 aliphatic heterocycles. The van der Waals surface area contributed by atoms with Crippen molar-refractivity contribution in [2.75, 3.05) is 0 Å². The number of pyridine rings is 2. The summed E-state index contributed by atoms with van der Waals surface area (Å²) in [4.78, 5) is 13.0. The quantitative estimate of drug-likeness (QED) is 0.135. The fourth-order valence-corrected chi connectivity index (χ4v) is 20.2. The van der Waals surface area contributed by atoms with Crippen molar-refractivity contribution in [3.8, 4) is 65.6 Å². The van der Waals surface area contributed by atoms with Gasteiger partial charge in [-0.15, -0.1) is 0 Å². The molecule has 67 heavy (non-hydrogen) atoms. The second-order valence-electron chi connectivity index (χ2n) is 17.7. The Hall–Kier alpha value is -6.42. The van der Waals surface area contributed by atoms with E-state index in [2.05, 4.69) is 217 Å². The number of thiophene rings is 2. The van der Waals surface area contributed by atoms with E-state index in [1.54, 1.807) is 0 Å². The Morgan fingerprint density at radius 2 is 0.716 bits per heavy atom. The Kier molecular flexibility index (Phi) is 11.6. The second-order valence-corrected chi connectivity index (χ2v) is 26.0. The molecule has 0 atom stereocenters. The summed E-state index contributed by atoms with van der Waals surface area (Å²) in [6, 6.07) is 65.8. The van der Waals surface area contributed by atoms with Crippen LogP contribution in [0.5, 0.6) is 0 Å². The molecule has 2 nitrogen and oxygen atoms in total. The van der Waals surface area contributed by atoms with Gasteiger partial charge in [-0.05, 0) is 0 Å². The zero-order valence-corrected chi connectivity index (χ0v) is 42.7. The van der Waals surface area contributed by atoms with Gasteiger partial charge in [0.05, 0.1) is 0 Å². The summed E-state index contributed by atoms with van der Waals surface area (Å²) >= 11 is 0.752. The molecule has 0 aliphatic rings. The van der Waals surface area contributed by atoms with E-state index >= 15 is 0 Å². The van der Waals surface area contributed by atoms with Crippen LogP contribution in [0.15, 0.2) is 188 Å². The molecule has 0 radical (unpaired) electrons. The Labute approximate surface area is 409 Å².